The quantitative estimate of drug-likeness (QED) is 0.0758. The van der Waals surface area contributed by atoms with Gasteiger partial charge in [0.15, 0.2) is 0 Å². The van der Waals surface area contributed by atoms with Crippen LogP contribution in [0.1, 0.15) is 60.9 Å². The molecule has 0 aliphatic carbocycles. The number of fused-ring (bicyclic) bond motifs is 1. The van der Waals surface area contributed by atoms with Gasteiger partial charge in [-0.2, -0.15) is 19.6 Å². The summed E-state index contributed by atoms with van der Waals surface area (Å²) in [4.78, 5) is 48.9. The van der Waals surface area contributed by atoms with Crippen molar-refractivity contribution in [3.05, 3.63) is 84.3 Å². The second kappa shape index (κ2) is 15.7. The lowest BCUT2D eigenvalue weighted by Gasteiger charge is -2.47. The summed E-state index contributed by atoms with van der Waals surface area (Å²) in [5.41, 5.74) is 4.16. The van der Waals surface area contributed by atoms with Crippen molar-refractivity contribution in [3.8, 4) is 17.3 Å². The first kappa shape index (κ1) is 37.2. The number of H-pyrrole nitrogens is 1. The Hall–Kier alpha value is -6.12. The molecule has 2 aliphatic rings. The van der Waals surface area contributed by atoms with Crippen molar-refractivity contribution in [2.45, 2.75) is 50.5 Å². The molecule has 284 valence electrons. The molecule has 0 bridgehead atoms. The number of nitrogens with zero attached hydrogens (tertiary/aromatic N) is 6. The molecule has 5 N–H and O–H groups in total. The SMILES string of the molecule is CCS(=O)(=O)N1CC(CC#N)(n2cc(-c3nc(Nc4ccc(C(=O)NCCCCNc5ccc(C6CCC(=O)NC6=O)cc5)cc4)nc4[nH]ccc34)cn2)C1. The van der Waals surface area contributed by atoms with Crippen LogP contribution in [-0.2, 0) is 25.2 Å². The minimum absolute atomic E-state index is 0.00624. The highest BCUT2D eigenvalue weighted by atomic mass is 32.2. The molecule has 17 heteroatoms. The summed E-state index contributed by atoms with van der Waals surface area (Å²) in [6.45, 7) is 3.19. The molecule has 3 aromatic heterocycles. The molecular weight excluding hydrogens is 723 g/mol. The maximum atomic E-state index is 12.8. The maximum absolute atomic E-state index is 12.8. The van der Waals surface area contributed by atoms with Gasteiger partial charge in [0.25, 0.3) is 5.91 Å². The summed E-state index contributed by atoms with van der Waals surface area (Å²) in [5, 5.41) is 26.8. The molecule has 7 rings (SSSR count). The second-order valence-corrected chi connectivity index (χ2v) is 16.0. The highest BCUT2D eigenvalue weighted by Gasteiger charge is 2.49. The number of carbonyl (C=O) groups excluding carboxylic acids is 3. The lowest BCUT2D eigenvalue weighted by Crippen LogP contribution is -2.64. The average Bonchev–Trinajstić information content (AvgIpc) is 3.85. The number of hydrogen-bond donors (Lipinski definition) is 5. The molecular formula is C38H41N11O5S. The monoisotopic (exact) mass is 763 g/mol. The first-order valence-electron chi connectivity index (χ1n) is 18.2. The van der Waals surface area contributed by atoms with E-state index in [1.54, 1.807) is 54.5 Å². The van der Waals surface area contributed by atoms with Crippen LogP contribution < -0.4 is 21.3 Å². The van der Waals surface area contributed by atoms with Crippen molar-refractivity contribution in [1.82, 2.24) is 39.7 Å². The molecule has 5 heterocycles. The third-order valence-electron chi connectivity index (χ3n) is 10.0. The van der Waals surface area contributed by atoms with E-state index in [1.807, 2.05) is 30.3 Å². The maximum Gasteiger partial charge on any atom is 0.251 e. The smallest absolute Gasteiger partial charge is 0.251 e. The van der Waals surface area contributed by atoms with Gasteiger partial charge in [-0.3, -0.25) is 24.4 Å². The lowest BCUT2D eigenvalue weighted by atomic mass is 9.89. The number of imide groups is 1. The molecule has 1 atom stereocenters. The van der Waals surface area contributed by atoms with E-state index in [1.165, 1.54) is 4.31 Å². The fourth-order valence-corrected chi connectivity index (χ4v) is 8.10. The van der Waals surface area contributed by atoms with Crippen LogP contribution in [0.3, 0.4) is 0 Å². The first-order valence-corrected chi connectivity index (χ1v) is 19.8. The molecule has 2 fully saturated rings. The van der Waals surface area contributed by atoms with Gasteiger partial charge in [0.2, 0.25) is 27.8 Å². The fraction of sp³-hybridized carbons (Fsp3) is 0.342. The number of sulfonamides is 1. The molecule has 1 unspecified atom stereocenters. The number of nitrogens with one attached hydrogen (secondary N) is 5. The van der Waals surface area contributed by atoms with Crippen molar-refractivity contribution >= 4 is 56.1 Å². The van der Waals surface area contributed by atoms with Gasteiger partial charge in [0.05, 0.1) is 36.1 Å². The predicted octanol–water partition coefficient (Wildman–Crippen LogP) is 3.98. The lowest BCUT2D eigenvalue weighted by molar-refractivity contribution is -0.134. The van der Waals surface area contributed by atoms with Gasteiger partial charge in [-0.1, -0.05) is 12.1 Å². The molecule has 16 nitrogen and oxygen atoms in total. The number of hydrogen-bond acceptors (Lipinski definition) is 11. The molecule has 5 aromatic rings. The molecule has 2 saturated heterocycles. The zero-order valence-corrected chi connectivity index (χ0v) is 31.0. The largest absolute Gasteiger partial charge is 0.385 e. The molecule has 0 spiro atoms. The number of piperidine rings is 1. The van der Waals surface area contributed by atoms with Crippen LogP contribution in [0.5, 0.6) is 0 Å². The van der Waals surface area contributed by atoms with Crippen LogP contribution in [0.15, 0.2) is 73.2 Å². The molecule has 0 radical (unpaired) electrons. The van der Waals surface area contributed by atoms with Crippen molar-refractivity contribution < 1.29 is 22.8 Å². The van der Waals surface area contributed by atoms with Crippen LogP contribution >= 0.6 is 0 Å². The Balaban J connectivity index is 0.906. The van der Waals surface area contributed by atoms with Crippen LogP contribution in [-0.4, -0.2) is 87.1 Å². The first-order chi connectivity index (χ1) is 26.6. The third kappa shape index (κ3) is 8.05. The third-order valence-corrected chi connectivity index (χ3v) is 11.8. The molecule has 2 aromatic carbocycles. The van der Waals surface area contributed by atoms with Crippen LogP contribution in [0.2, 0.25) is 0 Å². The van der Waals surface area contributed by atoms with E-state index >= 15 is 0 Å². The number of unbranched alkanes of at least 4 members (excludes halogenated alkanes) is 1. The van der Waals surface area contributed by atoms with Gasteiger partial charge < -0.3 is 20.9 Å². The van der Waals surface area contributed by atoms with Gasteiger partial charge in [-0.05, 0) is 74.2 Å². The molecule has 55 heavy (non-hydrogen) atoms. The van der Waals surface area contributed by atoms with E-state index in [0.29, 0.717) is 53.5 Å². The van der Waals surface area contributed by atoms with Crippen LogP contribution in [0.25, 0.3) is 22.3 Å². The zero-order chi connectivity index (χ0) is 38.6. The standard InChI is InChI=1S/C38H41N11O5S/c1-2-55(53,54)48-23-38(24-48,16-17-39)49-22-27(21-43-49)33-31-15-20-41-34(31)47-37(46-33)44-29-11-7-26(8-12-29)35(51)42-19-4-3-18-40-28-9-5-25(6-10-28)30-13-14-32(50)45-36(30)52/h5-12,15,20-22,30,40H,2-4,13-14,16,18-19,23-24H2,1H3,(H,42,51)(H,45,50,52)(H2,41,44,46,47). The number of aromatic nitrogens is 5. The minimum atomic E-state index is -3.38. The number of nitriles is 1. The number of rotatable bonds is 15. The molecule has 0 saturated carbocycles. The number of carbonyl (C=O) groups is 3. The number of anilines is 3. The van der Waals surface area contributed by atoms with Crippen molar-refractivity contribution in [3.63, 3.8) is 0 Å². The van der Waals surface area contributed by atoms with Gasteiger partial charge in [0, 0.05) is 72.9 Å². The fourth-order valence-electron chi connectivity index (χ4n) is 6.86. The summed E-state index contributed by atoms with van der Waals surface area (Å²) < 4.78 is 27.9. The van der Waals surface area contributed by atoms with Crippen molar-refractivity contribution in [2.24, 2.45) is 0 Å². The van der Waals surface area contributed by atoms with Gasteiger partial charge in [-0.25, -0.2) is 13.4 Å². The number of amides is 3. The Morgan fingerprint density at radius 1 is 1.02 bits per heavy atom. The predicted molar refractivity (Wildman–Crippen MR) is 206 cm³/mol. The summed E-state index contributed by atoms with van der Waals surface area (Å²) in [6, 6.07) is 18.8. The summed E-state index contributed by atoms with van der Waals surface area (Å²) >= 11 is 0. The Morgan fingerprint density at radius 2 is 1.76 bits per heavy atom. The Bertz CT molecular complexity index is 2360. The van der Waals surface area contributed by atoms with E-state index in [-0.39, 0.29) is 48.9 Å². The Kier molecular flexibility index (Phi) is 10.6. The highest BCUT2D eigenvalue weighted by molar-refractivity contribution is 7.89. The zero-order valence-electron chi connectivity index (χ0n) is 30.2. The molecule has 2 aliphatic heterocycles. The normalized spacial score (nSPS) is 16.9. The second-order valence-electron chi connectivity index (χ2n) is 13.8. The Morgan fingerprint density at radius 3 is 2.49 bits per heavy atom. The highest BCUT2D eigenvalue weighted by Crippen LogP contribution is 2.36. The summed E-state index contributed by atoms with van der Waals surface area (Å²) in [7, 11) is -3.38. The van der Waals surface area contributed by atoms with Crippen LogP contribution in [0, 0.1) is 11.3 Å². The van der Waals surface area contributed by atoms with Crippen LogP contribution in [0.4, 0.5) is 17.3 Å². The topological polar surface area (TPSA) is 220 Å². The number of aromatic amines is 1. The van der Waals surface area contributed by atoms with E-state index in [9.17, 15) is 28.1 Å². The summed E-state index contributed by atoms with van der Waals surface area (Å²) in [6.07, 6.45) is 7.82. The van der Waals surface area contributed by atoms with E-state index < -0.39 is 15.6 Å². The van der Waals surface area contributed by atoms with Gasteiger partial charge in [-0.15, -0.1) is 0 Å². The average molecular weight is 764 g/mol. The summed E-state index contributed by atoms with van der Waals surface area (Å²) in [5.74, 6) is -0.633. The van der Waals surface area contributed by atoms with Gasteiger partial charge in [0.1, 0.15) is 11.2 Å². The minimum Gasteiger partial charge on any atom is -0.385 e. The number of benzene rings is 2. The van der Waals surface area contributed by atoms with E-state index in [2.05, 4.69) is 42.4 Å². The van der Waals surface area contributed by atoms with Gasteiger partial charge >= 0.3 is 0 Å². The van der Waals surface area contributed by atoms with E-state index in [4.69, 9.17) is 4.98 Å². The Labute approximate surface area is 317 Å². The van der Waals surface area contributed by atoms with Crippen molar-refractivity contribution in [2.75, 3.05) is 42.6 Å². The molecule has 3 amide bonds. The van der Waals surface area contributed by atoms with Crippen molar-refractivity contribution in [1.29, 1.82) is 5.26 Å². The van der Waals surface area contributed by atoms with E-state index in [0.717, 1.165) is 36.0 Å².